The van der Waals surface area contributed by atoms with Gasteiger partial charge in [-0.3, -0.25) is 4.79 Å². The highest BCUT2D eigenvalue weighted by molar-refractivity contribution is 9.10. The molecule has 1 aliphatic rings. The molecule has 1 N–H and O–H groups in total. The number of amides is 1. The topological polar surface area (TPSA) is 50.7 Å². The van der Waals surface area contributed by atoms with Gasteiger partial charge in [0.25, 0.3) is 5.91 Å². The number of carbonyl (C=O) groups is 1. The number of fused-ring (bicyclic) bond motifs is 1. The summed E-state index contributed by atoms with van der Waals surface area (Å²) in [7, 11) is 0. The van der Waals surface area contributed by atoms with Crippen molar-refractivity contribution in [3.63, 3.8) is 0 Å². The number of hydrogen-bond acceptors (Lipinski definition) is 4. The molecule has 188 valence electrons. The lowest BCUT2D eigenvalue weighted by atomic mass is 9.96. The highest BCUT2D eigenvalue weighted by atomic mass is 79.9. The van der Waals surface area contributed by atoms with E-state index in [1.165, 1.54) is 23.3 Å². The van der Waals surface area contributed by atoms with E-state index in [4.69, 9.17) is 9.73 Å². The van der Waals surface area contributed by atoms with Crippen LogP contribution in [0.1, 0.15) is 57.6 Å². The van der Waals surface area contributed by atoms with Gasteiger partial charge in [0.15, 0.2) is 0 Å². The number of nitrogens with zero attached hydrogens (tertiary/aromatic N) is 1. The SMILES string of the molecule is O=C(Nc1ccccc1)c1c(N=Cc2ccc(OCc3ccccc3)c(Br)c2)sc2c1CCCCCC2. The number of halogens is 1. The van der Waals surface area contributed by atoms with Crippen molar-refractivity contribution in [3.8, 4) is 5.75 Å². The van der Waals surface area contributed by atoms with Gasteiger partial charge >= 0.3 is 0 Å². The summed E-state index contributed by atoms with van der Waals surface area (Å²) in [5.41, 5.74) is 4.76. The molecular formula is C31H29BrN2O2S. The second-order valence-electron chi connectivity index (χ2n) is 9.14. The average molecular weight is 574 g/mol. The summed E-state index contributed by atoms with van der Waals surface area (Å²) in [4.78, 5) is 19.6. The van der Waals surface area contributed by atoms with Gasteiger partial charge < -0.3 is 10.1 Å². The number of aryl methyl sites for hydroxylation is 1. The molecule has 5 rings (SSSR count). The average Bonchev–Trinajstić information content (AvgIpc) is 3.24. The summed E-state index contributed by atoms with van der Waals surface area (Å²) in [6.45, 7) is 0.507. The van der Waals surface area contributed by atoms with E-state index in [0.29, 0.717) is 6.61 Å². The van der Waals surface area contributed by atoms with Crippen LogP contribution in [-0.2, 0) is 19.4 Å². The Morgan fingerprint density at radius 2 is 1.68 bits per heavy atom. The van der Waals surface area contributed by atoms with Crippen LogP contribution in [0.15, 0.2) is 88.3 Å². The molecule has 4 nitrogen and oxygen atoms in total. The Kier molecular flexibility index (Phi) is 8.49. The van der Waals surface area contributed by atoms with E-state index < -0.39 is 0 Å². The van der Waals surface area contributed by atoms with Crippen molar-refractivity contribution in [1.29, 1.82) is 0 Å². The van der Waals surface area contributed by atoms with Gasteiger partial charge in [-0.05, 0) is 88.6 Å². The number of carbonyl (C=O) groups excluding carboxylic acids is 1. The molecule has 0 aliphatic heterocycles. The second-order valence-corrected chi connectivity index (χ2v) is 11.1. The predicted octanol–water partition coefficient (Wildman–Crippen LogP) is 8.75. The van der Waals surface area contributed by atoms with E-state index in [9.17, 15) is 4.79 Å². The fourth-order valence-corrected chi connectivity index (χ4v) is 6.27. The molecular weight excluding hydrogens is 544 g/mol. The minimum Gasteiger partial charge on any atom is -0.488 e. The van der Waals surface area contributed by atoms with Gasteiger partial charge in [0.1, 0.15) is 17.4 Å². The van der Waals surface area contributed by atoms with Crippen LogP contribution in [-0.4, -0.2) is 12.1 Å². The molecule has 1 amide bonds. The summed E-state index contributed by atoms with van der Waals surface area (Å²) in [5.74, 6) is 0.699. The molecule has 0 atom stereocenters. The normalized spacial score (nSPS) is 13.5. The summed E-state index contributed by atoms with van der Waals surface area (Å²) in [6, 6.07) is 25.7. The molecule has 37 heavy (non-hydrogen) atoms. The van der Waals surface area contributed by atoms with Crippen LogP contribution < -0.4 is 10.1 Å². The molecule has 6 heteroatoms. The zero-order chi connectivity index (χ0) is 25.5. The summed E-state index contributed by atoms with van der Waals surface area (Å²) in [6.07, 6.45) is 8.50. The van der Waals surface area contributed by atoms with Crippen molar-refractivity contribution in [1.82, 2.24) is 0 Å². The van der Waals surface area contributed by atoms with Crippen LogP contribution in [0.2, 0.25) is 0 Å². The first-order valence-electron chi connectivity index (χ1n) is 12.7. The maximum Gasteiger partial charge on any atom is 0.259 e. The minimum absolute atomic E-state index is 0.0812. The fraction of sp³-hybridized carbons (Fsp3) is 0.226. The van der Waals surface area contributed by atoms with Crippen LogP contribution >= 0.6 is 27.3 Å². The molecule has 1 aromatic heterocycles. The monoisotopic (exact) mass is 572 g/mol. The Morgan fingerprint density at radius 3 is 2.43 bits per heavy atom. The van der Waals surface area contributed by atoms with Gasteiger partial charge in [-0.25, -0.2) is 4.99 Å². The van der Waals surface area contributed by atoms with Crippen molar-refractivity contribution in [2.45, 2.75) is 45.1 Å². The van der Waals surface area contributed by atoms with E-state index in [1.54, 1.807) is 11.3 Å². The number of benzene rings is 3. The first-order valence-corrected chi connectivity index (χ1v) is 14.3. The largest absolute Gasteiger partial charge is 0.488 e. The van der Waals surface area contributed by atoms with Crippen LogP contribution in [0, 0.1) is 0 Å². The van der Waals surface area contributed by atoms with Gasteiger partial charge in [0.2, 0.25) is 0 Å². The first kappa shape index (κ1) is 25.4. The predicted molar refractivity (Wildman–Crippen MR) is 157 cm³/mol. The lowest BCUT2D eigenvalue weighted by Gasteiger charge is -2.12. The van der Waals surface area contributed by atoms with Gasteiger partial charge in [0, 0.05) is 16.8 Å². The Hall–Kier alpha value is -3.22. The third kappa shape index (κ3) is 6.56. The van der Waals surface area contributed by atoms with E-state index in [2.05, 4.69) is 21.2 Å². The van der Waals surface area contributed by atoms with Crippen LogP contribution in [0.25, 0.3) is 0 Å². The zero-order valence-electron chi connectivity index (χ0n) is 20.6. The van der Waals surface area contributed by atoms with E-state index in [0.717, 1.165) is 63.3 Å². The Morgan fingerprint density at radius 1 is 0.946 bits per heavy atom. The molecule has 0 saturated carbocycles. The van der Waals surface area contributed by atoms with Crippen molar-refractivity contribution in [2.24, 2.45) is 4.99 Å². The number of aliphatic imine (C=N–C) groups is 1. The van der Waals surface area contributed by atoms with Crippen LogP contribution in [0.4, 0.5) is 10.7 Å². The number of nitrogens with one attached hydrogen (secondary N) is 1. The lowest BCUT2D eigenvalue weighted by Crippen LogP contribution is -2.14. The number of thiophene rings is 1. The van der Waals surface area contributed by atoms with Crippen molar-refractivity contribution < 1.29 is 9.53 Å². The van der Waals surface area contributed by atoms with E-state index in [-0.39, 0.29) is 5.91 Å². The smallest absolute Gasteiger partial charge is 0.259 e. The minimum atomic E-state index is -0.0812. The van der Waals surface area contributed by atoms with Gasteiger partial charge in [-0.1, -0.05) is 61.4 Å². The van der Waals surface area contributed by atoms with Crippen LogP contribution in [0.5, 0.6) is 5.75 Å². The van der Waals surface area contributed by atoms with Gasteiger partial charge in [-0.2, -0.15) is 0 Å². The fourth-order valence-electron chi connectivity index (χ4n) is 4.53. The van der Waals surface area contributed by atoms with Gasteiger partial charge in [0.05, 0.1) is 10.0 Å². The van der Waals surface area contributed by atoms with Gasteiger partial charge in [-0.15, -0.1) is 11.3 Å². The number of para-hydroxylation sites is 1. The lowest BCUT2D eigenvalue weighted by molar-refractivity contribution is 0.102. The highest BCUT2D eigenvalue weighted by Gasteiger charge is 2.24. The molecule has 1 heterocycles. The van der Waals surface area contributed by atoms with Crippen molar-refractivity contribution in [2.75, 3.05) is 5.32 Å². The number of ether oxygens (including phenoxy) is 1. The standard InChI is InChI=1S/C31H29BrN2O2S/c32-26-19-23(17-18-27(26)36-21-22-11-5-3-6-12-22)20-33-31-29(30(35)34-24-13-7-4-8-14-24)25-15-9-1-2-10-16-28(25)37-31/h3-8,11-14,17-20H,1-2,9-10,15-16,21H2,(H,34,35). The second kappa shape index (κ2) is 12.3. The Balaban J connectivity index is 1.38. The number of rotatable bonds is 7. The molecule has 1 aliphatic carbocycles. The number of anilines is 1. The third-order valence-electron chi connectivity index (χ3n) is 6.44. The maximum atomic E-state index is 13.5. The Bertz CT molecular complexity index is 1380. The molecule has 0 saturated heterocycles. The maximum absolute atomic E-state index is 13.5. The van der Waals surface area contributed by atoms with E-state index >= 15 is 0 Å². The molecule has 3 aromatic carbocycles. The molecule has 4 aromatic rings. The van der Waals surface area contributed by atoms with Crippen molar-refractivity contribution in [3.05, 3.63) is 110 Å². The summed E-state index contributed by atoms with van der Waals surface area (Å²) >= 11 is 5.30. The zero-order valence-corrected chi connectivity index (χ0v) is 23.0. The Labute approximate surface area is 230 Å². The highest BCUT2D eigenvalue weighted by Crippen LogP contribution is 2.39. The summed E-state index contributed by atoms with van der Waals surface area (Å²) < 4.78 is 6.85. The first-order chi connectivity index (χ1) is 18.2. The van der Waals surface area contributed by atoms with E-state index in [1.807, 2.05) is 85.1 Å². The molecule has 0 unspecified atom stereocenters. The molecule has 0 fully saturated rings. The van der Waals surface area contributed by atoms with Crippen LogP contribution in [0.3, 0.4) is 0 Å². The molecule has 0 bridgehead atoms. The quantitative estimate of drug-likeness (QED) is 0.225. The molecule has 0 radical (unpaired) electrons. The van der Waals surface area contributed by atoms with Crippen molar-refractivity contribution >= 4 is 50.1 Å². The molecule has 0 spiro atoms. The number of hydrogen-bond donors (Lipinski definition) is 1. The summed E-state index contributed by atoms with van der Waals surface area (Å²) in [5, 5.41) is 3.86. The third-order valence-corrected chi connectivity index (χ3v) is 8.25.